The molecule has 23 heavy (non-hydrogen) atoms. The number of hydrogen-bond donors (Lipinski definition) is 0. The second-order valence-corrected chi connectivity index (χ2v) is 6.16. The number of aryl methyl sites for hydroxylation is 1. The van der Waals surface area contributed by atoms with Gasteiger partial charge in [0.1, 0.15) is 0 Å². The summed E-state index contributed by atoms with van der Waals surface area (Å²) in [6, 6.07) is 0. The standard InChI is InChI=1S/C15H23N7O/c1-11-12(9-16-15(17-11)20(2)3)14-18-13(19-23-14)10-22-7-5-21(4)6-8-22/h9H,5-8,10H2,1-4H3. The molecular weight excluding hydrogens is 294 g/mol. The fourth-order valence-corrected chi connectivity index (χ4v) is 2.51. The lowest BCUT2D eigenvalue weighted by Gasteiger charge is -2.31. The summed E-state index contributed by atoms with van der Waals surface area (Å²) in [6.45, 7) is 6.84. The van der Waals surface area contributed by atoms with Gasteiger partial charge < -0.3 is 14.3 Å². The summed E-state index contributed by atoms with van der Waals surface area (Å²) in [5.41, 5.74) is 1.62. The number of piperazine rings is 1. The van der Waals surface area contributed by atoms with E-state index in [1.807, 2.05) is 25.9 Å². The van der Waals surface area contributed by atoms with Crippen LogP contribution in [0.5, 0.6) is 0 Å². The average Bonchev–Trinajstić information content (AvgIpc) is 2.97. The van der Waals surface area contributed by atoms with E-state index in [9.17, 15) is 0 Å². The van der Waals surface area contributed by atoms with Gasteiger partial charge in [-0.25, -0.2) is 9.97 Å². The van der Waals surface area contributed by atoms with E-state index in [1.54, 1.807) is 6.20 Å². The van der Waals surface area contributed by atoms with Crippen LogP contribution in [0.2, 0.25) is 0 Å². The van der Waals surface area contributed by atoms with Gasteiger partial charge in [-0.15, -0.1) is 0 Å². The number of anilines is 1. The van der Waals surface area contributed by atoms with Crippen molar-refractivity contribution in [3.05, 3.63) is 17.7 Å². The third kappa shape index (κ3) is 3.65. The van der Waals surface area contributed by atoms with Crippen molar-refractivity contribution in [3.63, 3.8) is 0 Å². The highest BCUT2D eigenvalue weighted by atomic mass is 16.5. The van der Waals surface area contributed by atoms with Gasteiger partial charge in [-0.2, -0.15) is 4.98 Å². The van der Waals surface area contributed by atoms with Gasteiger partial charge in [0.15, 0.2) is 5.82 Å². The minimum absolute atomic E-state index is 0.483. The van der Waals surface area contributed by atoms with Gasteiger partial charge in [0.05, 0.1) is 17.8 Å². The van der Waals surface area contributed by atoms with Gasteiger partial charge in [-0.3, -0.25) is 4.90 Å². The summed E-state index contributed by atoms with van der Waals surface area (Å²) >= 11 is 0. The Morgan fingerprint density at radius 3 is 2.57 bits per heavy atom. The zero-order chi connectivity index (χ0) is 16.4. The number of nitrogens with zero attached hydrogens (tertiary/aromatic N) is 7. The molecule has 8 heteroatoms. The molecular formula is C15H23N7O. The highest BCUT2D eigenvalue weighted by Gasteiger charge is 2.18. The van der Waals surface area contributed by atoms with E-state index in [4.69, 9.17) is 4.52 Å². The van der Waals surface area contributed by atoms with E-state index in [0.717, 1.165) is 37.4 Å². The summed E-state index contributed by atoms with van der Waals surface area (Å²) in [4.78, 5) is 19.8. The van der Waals surface area contributed by atoms with Crippen LogP contribution in [-0.4, -0.2) is 77.2 Å². The van der Waals surface area contributed by atoms with Crippen molar-refractivity contribution in [1.29, 1.82) is 0 Å². The largest absolute Gasteiger partial charge is 0.347 e. The first-order chi connectivity index (χ1) is 11.0. The summed E-state index contributed by atoms with van der Waals surface area (Å²) in [6.07, 6.45) is 1.74. The lowest BCUT2D eigenvalue weighted by molar-refractivity contribution is 0.144. The van der Waals surface area contributed by atoms with Crippen LogP contribution in [-0.2, 0) is 6.54 Å². The van der Waals surface area contributed by atoms with Crippen LogP contribution in [0.4, 0.5) is 5.95 Å². The Balaban J connectivity index is 1.72. The Kier molecular flexibility index (Phi) is 4.53. The highest BCUT2D eigenvalue weighted by molar-refractivity contribution is 5.55. The van der Waals surface area contributed by atoms with E-state index >= 15 is 0 Å². The highest BCUT2D eigenvalue weighted by Crippen LogP contribution is 2.21. The first kappa shape index (κ1) is 15.8. The Morgan fingerprint density at radius 1 is 1.17 bits per heavy atom. The molecule has 3 heterocycles. The number of rotatable bonds is 4. The molecule has 1 aliphatic heterocycles. The summed E-state index contributed by atoms with van der Waals surface area (Å²) in [5, 5.41) is 4.10. The molecule has 2 aromatic heterocycles. The maximum Gasteiger partial charge on any atom is 0.261 e. The minimum Gasteiger partial charge on any atom is -0.347 e. The molecule has 0 spiro atoms. The van der Waals surface area contributed by atoms with E-state index in [0.29, 0.717) is 24.2 Å². The monoisotopic (exact) mass is 317 g/mol. The van der Waals surface area contributed by atoms with Crippen LogP contribution in [0.3, 0.4) is 0 Å². The van der Waals surface area contributed by atoms with Gasteiger partial charge >= 0.3 is 0 Å². The molecule has 1 aliphatic rings. The molecule has 8 nitrogen and oxygen atoms in total. The zero-order valence-corrected chi connectivity index (χ0v) is 14.2. The maximum absolute atomic E-state index is 5.40. The Bertz CT molecular complexity index is 662. The van der Waals surface area contributed by atoms with Crippen molar-refractivity contribution in [2.45, 2.75) is 13.5 Å². The summed E-state index contributed by atoms with van der Waals surface area (Å²) in [5.74, 6) is 1.86. The molecule has 0 bridgehead atoms. The molecule has 0 N–H and O–H groups in total. The Morgan fingerprint density at radius 2 is 1.91 bits per heavy atom. The normalized spacial score (nSPS) is 16.7. The third-order valence-corrected chi connectivity index (χ3v) is 4.03. The molecule has 3 rings (SSSR count). The van der Waals surface area contributed by atoms with Crippen LogP contribution in [0.25, 0.3) is 11.5 Å². The van der Waals surface area contributed by atoms with Gasteiger partial charge in [-0.1, -0.05) is 5.16 Å². The smallest absolute Gasteiger partial charge is 0.261 e. The van der Waals surface area contributed by atoms with Crippen LogP contribution >= 0.6 is 0 Å². The molecule has 0 radical (unpaired) electrons. The zero-order valence-electron chi connectivity index (χ0n) is 14.2. The van der Waals surface area contributed by atoms with E-state index in [-0.39, 0.29) is 0 Å². The van der Waals surface area contributed by atoms with Crippen LogP contribution in [0.15, 0.2) is 10.7 Å². The first-order valence-corrected chi connectivity index (χ1v) is 7.78. The average molecular weight is 317 g/mol. The fraction of sp³-hybridized carbons (Fsp3) is 0.600. The molecule has 1 saturated heterocycles. The fourth-order valence-electron chi connectivity index (χ4n) is 2.51. The number of aromatic nitrogens is 4. The topological polar surface area (TPSA) is 74.4 Å². The second kappa shape index (κ2) is 6.59. The van der Waals surface area contributed by atoms with Gasteiger partial charge in [0.25, 0.3) is 5.89 Å². The van der Waals surface area contributed by atoms with E-state index in [1.165, 1.54) is 0 Å². The van der Waals surface area contributed by atoms with Gasteiger partial charge in [0.2, 0.25) is 5.95 Å². The number of likely N-dealkylation sites (N-methyl/N-ethyl adjacent to an activating group) is 1. The lowest BCUT2D eigenvalue weighted by Crippen LogP contribution is -2.44. The number of hydrogen-bond acceptors (Lipinski definition) is 8. The Labute approximate surface area is 136 Å². The predicted octanol–water partition coefficient (Wildman–Crippen LogP) is 0.648. The third-order valence-electron chi connectivity index (χ3n) is 4.03. The molecule has 2 aromatic rings. The summed E-state index contributed by atoms with van der Waals surface area (Å²) < 4.78 is 5.40. The van der Waals surface area contributed by atoms with Crippen LogP contribution in [0, 0.1) is 6.92 Å². The van der Waals surface area contributed by atoms with E-state index in [2.05, 4.69) is 37.0 Å². The van der Waals surface area contributed by atoms with Crippen LogP contribution in [0.1, 0.15) is 11.5 Å². The van der Waals surface area contributed by atoms with Crippen molar-refractivity contribution < 1.29 is 4.52 Å². The van der Waals surface area contributed by atoms with Crippen molar-refractivity contribution in [3.8, 4) is 11.5 Å². The quantitative estimate of drug-likeness (QED) is 0.814. The molecule has 0 aliphatic carbocycles. The SMILES string of the molecule is Cc1nc(N(C)C)ncc1-c1nc(CN2CCN(C)CC2)no1. The maximum atomic E-state index is 5.40. The van der Waals surface area contributed by atoms with Crippen molar-refractivity contribution in [1.82, 2.24) is 29.9 Å². The Hall–Kier alpha value is -2.06. The second-order valence-electron chi connectivity index (χ2n) is 6.16. The molecule has 0 atom stereocenters. The predicted molar refractivity (Wildman–Crippen MR) is 87.2 cm³/mol. The molecule has 0 unspecified atom stereocenters. The minimum atomic E-state index is 0.483. The molecule has 0 amide bonds. The van der Waals surface area contributed by atoms with E-state index < -0.39 is 0 Å². The molecule has 124 valence electrons. The first-order valence-electron chi connectivity index (χ1n) is 7.78. The lowest BCUT2D eigenvalue weighted by atomic mass is 10.2. The van der Waals surface area contributed by atoms with Crippen molar-refractivity contribution >= 4 is 5.95 Å². The summed E-state index contributed by atoms with van der Waals surface area (Å²) in [7, 11) is 5.97. The van der Waals surface area contributed by atoms with Crippen LogP contribution < -0.4 is 4.90 Å². The molecule has 0 aromatic carbocycles. The molecule has 1 fully saturated rings. The van der Waals surface area contributed by atoms with Crippen molar-refractivity contribution in [2.75, 3.05) is 52.2 Å². The van der Waals surface area contributed by atoms with Gasteiger partial charge in [-0.05, 0) is 14.0 Å². The molecule has 0 saturated carbocycles. The van der Waals surface area contributed by atoms with Gasteiger partial charge in [0, 0.05) is 46.5 Å². The van der Waals surface area contributed by atoms with Crippen molar-refractivity contribution in [2.24, 2.45) is 0 Å².